The number of ether oxygens (including phenoxy) is 3. The number of alkyl halides is 2. The van der Waals surface area contributed by atoms with E-state index in [4.69, 9.17) is 14.2 Å². The number of carbonyl (C=O) groups excluding carboxylic acids is 1. The van der Waals surface area contributed by atoms with E-state index in [0.29, 0.717) is 5.75 Å². The van der Waals surface area contributed by atoms with Crippen molar-refractivity contribution in [2.75, 3.05) is 6.61 Å². The van der Waals surface area contributed by atoms with Crippen molar-refractivity contribution in [3.63, 3.8) is 0 Å². The first-order valence-corrected chi connectivity index (χ1v) is 6.84. The summed E-state index contributed by atoms with van der Waals surface area (Å²) in [5, 5.41) is 0. The first kappa shape index (κ1) is 14.6. The van der Waals surface area contributed by atoms with Gasteiger partial charge in [0, 0.05) is 5.92 Å². The lowest BCUT2D eigenvalue weighted by atomic mass is 10.0. The van der Waals surface area contributed by atoms with Gasteiger partial charge in [-0.25, -0.2) is 4.79 Å². The third kappa shape index (κ3) is 3.27. The lowest BCUT2D eigenvalue weighted by Gasteiger charge is -2.15. The zero-order valence-corrected chi connectivity index (χ0v) is 11.5. The minimum Gasteiger partial charge on any atom is -0.487 e. The average molecular weight is 308 g/mol. The van der Waals surface area contributed by atoms with E-state index in [-0.39, 0.29) is 0 Å². The second-order valence-electron chi connectivity index (χ2n) is 5.10. The van der Waals surface area contributed by atoms with E-state index >= 15 is 0 Å². The fourth-order valence-electron chi connectivity index (χ4n) is 2.35. The molecule has 1 aliphatic carbocycles. The molecule has 3 atom stereocenters. The fourth-order valence-corrected chi connectivity index (χ4v) is 2.35. The van der Waals surface area contributed by atoms with Gasteiger partial charge in [-0.1, -0.05) is 30.4 Å². The highest BCUT2D eigenvalue weighted by molar-refractivity contribution is 5.63. The largest absolute Gasteiger partial charge is 0.509 e. The van der Waals surface area contributed by atoms with Crippen LogP contribution < -0.4 is 4.74 Å². The number of rotatable bonds is 5. The molecule has 0 amide bonds. The summed E-state index contributed by atoms with van der Waals surface area (Å²) < 4.78 is 42.5. The van der Waals surface area contributed by atoms with Crippen LogP contribution in [-0.2, 0) is 9.47 Å². The topological polar surface area (TPSA) is 44.8 Å². The molecule has 0 radical (unpaired) electrons. The Morgan fingerprint density at radius 2 is 1.95 bits per heavy atom. The van der Waals surface area contributed by atoms with Gasteiger partial charge in [0.2, 0.25) is 0 Å². The van der Waals surface area contributed by atoms with Crippen LogP contribution in [0, 0.1) is 5.92 Å². The number of hydrogen-bond acceptors (Lipinski definition) is 4. The molecule has 0 N–H and O–H groups in total. The molecule has 1 aromatic rings. The average Bonchev–Trinajstić information content (AvgIpc) is 3.04. The summed E-state index contributed by atoms with van der Waals surface area (Å²) in [4.78, 5) is 11.0. The maximum atomic E-state index is 13.8. The lowest BCUT2D eigenvalue weighted by molar-refractivity contribution is 0.00446. The third-order valence-electron chi connectivity index (χ3n) is 3.43. The van der Waals surface area contributed by atoms with Gasteiger partial charge >= 0.3 is 6.16 Å². The Balaban J connectivity index is 1.57. The Labute approximate surface area is 126 Å². The van der Waals surface area contributed by atoms with E-state index in [1.54, 1.807) is 42.5 Å². The Morgan fingerprint density at radius 3 is 2.73 bits per heavy atom. The third-order valence-corrected chi connectivity index (χ3v) is 3.43. The summed E-state index contributed by atoms with van der Waals surface area (Å²) in [6.07, 6.45) is 3.61. The number of para-hydroxylation sites is 1. The van der Waals surface area contributed by atoms with Crippen molar-refractivity contribution < 1.29 is 27.8 Å². The number of fused-ring (bicyclic) bond motifs is 1. The zero-order valence-electron chi connectivity index (χ0n) is 11.5. The van der Waals surface area contributed by atoms with Crippen LogP contribution in [0.4, 0.5) is 13.6 Å². The minimum absolute atomic E-state index is 0.384. The second-order valence-corrected chi connectivity index (χ2v) is 5.10. The smallest absolute Gasteiger partial charge is 0.487 e. The van der Waals surface area contributed by atoms with Crippen molar-refractivity contribution in [3.05, 3.63) is 54.6 Å². The molecule has 1 fully saturated rings. The molecule has 2 aliphatic rings. The van der Waals surface area contributed by atoms with E-state index in [1.165, 1.54) is 6.08 Å². The van der Waals surface area contributed by atoms with Gasteiger partial charge < -0.3 is 14.2 Å². The number of halogens is 2. The SMILES string of the molecule is O=C1O[C@H]2[C@H](/C=C/C(F)(F)COc3ccccc3)C=C[C@H]2O1. The van der Waals surface area contributed by atoms with E-state index in [1.807, 2.05) is 0 Å². The molecule has 0 aromatic heterocycles. The molecular weight excluding hydrogens is 294 g/mol. The van der Waals surface area contributed by atoms with Crippen molar-refractivity contribution in [2.24, 2.45) is 5.92 Å². The molecule has 0 unspecified atom stereocenters. The van der Waals surface area contributed by atoms with Gasteiger partial charge in [0.15, 0.2) is 18.8 Å². The quantitative estimate of drug-likeness (QED) is 0.618. The van der Waals surface area contributed by atoms with Crippen molar-refractivity contribution in [1.29, 1.82) is 0 Å². The van der Waals surface area contributed by atoms with Gasteiger partial charge in [-0.2, -0.15) is 8.78 Å². The van der Waals surface area contributed by atoms with Gasteiger partial charge in [-0.15, -0.1) is 0 Å². The molecule has 116 valence electrons. The predicted octanol–water partition coefficient (Wildman–Crippen LogP) is 3.35. The van der Waals surface area contributed by atoms with Crippen molar-refractivity contribution in [1.82, 2.24) is 0 Å². The molecule has 1 aliphatic heterocycles. The molecule has 6 heteroatoms. The molecule has 3 rings (SSSR count). The van der Waals surface area contributed by atoms with Gasteiger partial charge in [-0.05, 0) is 24.3 Å². The van der Waals surface area contributed by atoms with Crippen LogP contribution in [0.15, 0.2) is 54.6 Å². The molecule has 0 bridgehead atoms. The predicted molar refractivity (Wildman–Crippen MR) is 73.8 cm³/mol. The Kier molecular flexibility index (Phi) is 3.83. The number of hydrogen-bond donors (Lipinski definition) is 0. The van der Waals surface area contributed by atoms with Gasteiger partial charge in [0.25, 0.3) is 5.92 Å². The monoisotopic (exact) mass is 308 g/mol. The van der Waals surface area contributed by atoms with Crippen LogP contribution in [0.3, 0.4) is 0 Å². The summed E-state index contributed by atoms with van der Waals surface area (Å²) in [5.74, 6) is -3.15. The fraction of sp³-hybridized carbons (Fsp3) is 0.312. The van der Waals surface area contributed by atoms with Crippen molar-refractivity contribution >= 4 is 6.16 Å². The normalized spacial score (nSPS) is 26.8. The maximum Gasteiger partial charge on any atom is 0.509 e. The molecule has 0 saturated carbocycles. The van der Waals surface area contributed by atoms with Crippen LogP contribution in [0.1, 0.15) is 0 Å². The first-order chi connectivity index (χ1) is 10.5. The maximum absolute atomic E-state index is 13.8. The molecule has 22 heavy (non-hydrogen) atoms. The van der Waals surface area contributed by atoms with Crippen LogP contribution in [0.2, 0.25) is 0 Å². The van der Waals surface area contributed by atoms with E-state index in [0.717, 1.165) is 6.08 Å². The Hall–Kier alpha value is -2.37. The lowest BCUT2D eigenvalue weighted by Crippen LogP contribution is -2.25. The molecule has 0 spiro atoms. The van der Waals surface area contributed by atoms with Gasteiger partial charge in [-0.3, -0.25) is 0 Å². The Bertz CT molecular complexity index is 597. The Morgan fingerprint density at radius 1 is 1.18 bits per heavy atom. The summed E-state index contributed by atoms with van der Waals surface area (Å²) >= 11 is 0. The van der Waals surface area contributed by atoms with Crippen LogP contribution >= 0.6 is 0 Å². The van der Waals surface area contributed by atoms with Crippen LogP contribution in [0.5, 0.6) is 5.75 Å². The van der Waals surface area contributed by atoms with E-state index in [2.05, 4.69) is 0 Å². The minimum atomic E-state index is -3.12. The summed E-state index contributed by atoms with van der Waals surface area (Å²) in [6, 6.07) is 8.42. The molecule has 1 heterocycles. The highest BCUT2D eigenvalue weighted by Crippen LogP contribution is 2.32. The molecule has 4 nitrogen and oxygen atoms in total. The molecular formula is C16H14F2O4. The molecule has 1 aromatic carbocycles. The van der Waals surface area contributed by atoms with Gasteiger partial charge in [0.1, 0.15) is 5.75 Å². The second kappa shape index (κ2) is 5.79. The number of benzene rings is 1. The van der Waals surface area contributed by atoms with Crippen LogP contribution in [-0.4, -0.2) is 30.9 Å². The zero-order chi connectivity index (χ0) is 15.6. The summed E-state index contributed by atoms with van der Waals surface area (Å²) in [5.41, 5.74) is 0. The van der Waals surface area contributed by atoms with Gasteiger partial charge in [0.05, 0.1) is 0 Å². The number of carbonyl (C=O) groups is 1. The van der Waals surface area contributed by atoms with Crippen LogP contribution in [0.25, 0.3) is 0 Å². The highest BCUT2D eigenvalue weighted by atomic mass is 19.3. The van der Waals surface area contributed by atoms with Crippen molar-refractivity contribution in [3.8, 4) is 5.75 Å². The first-order valence-electron chi connectivity index (χ1n) is 6.84. The van der Waals surface area contributed by atoms with Crippen molar-refractivity contribution in [2.45, 2.75) is 18.1 Å². The summed E-state index contributed by atoms with van der Waals surface area (Å²) in [6.45, 7) is -0.756. The highest BCUT2D eigenvalue weighted by Gasteiger charge is 2.42. The standard InChI is InChI=1S/C16H14F2O4/c17-16(18,10-20-12-4-2-1-3-5-12)9-8-11-6-7-13-14(11)22-15(19)21-13/h1-9,11,13-14H,10H2/b9-8+/t11-,13+,14-/m0/s1. The van der Waals surface area contributed by atoms with E-state index < -0.39 is 36.8 Å². The molecule has 1 saturated heterocycles. The summed E-state index contributed by atoms with van der Waals surface area (Å²) in [7, 11) is 0. The van der Waals surface area contributed by atoms with E-state index in [9.17, 15) is 13.6 Å².